The molecule has 0 saturated heterocycles. The number of nitrogens with one attached hydrogen (secondary N) is 2. The van der Waals surface area contributed by atoms with E-state index in [1.165, 1.54) is 0 Å². The smallest absolute Gasteiger partial charge is 0.274 e. The van der Waals surface area contributed by atoms with Crippen LogP contribution in [0.2, 0.25) is 0 Å². The van der Waals surface area contributed by atoms with Gasteiger partial charge in [0.2, 0.25) is 5.91 Å². The fourth-order valence-corrected chi connectivity index (χ4v) is 1.25. The minimum Gasteiger partial charge on any atom is -0.357 e. The first kappa shape index (κ1) is 12.4. The molecule has 0 aromatic carbocycles. The molecule has 0 aliphatic rings. The molecule has 0 atom stereocenters. The number of aromatic amines is 1. The van der Waals surface area contributed by atoms with Crippen LogP contribution in [-0.2, 0) is 4.79 Å². The van der Waals surface area contributed by atoms with Crippen LogP contribution in [-0.4, -0.2) is 48.4 Å². The first-order valence-corrected chi connectivity index (χ1v) is 4.99. The van der Waals surface area contributed by atoms with Gasteiger partial charge in [0.25, 0.3) is 5.91 Å². The molecule has 4 N–H and O–H groups in total. The zero-order valence-electron chi connectivity index (χ0n) is 9.19. The topological polar surface area (TPSA) is 91.2 Å². The lowest BCUT2D eigenvalue weighted by atomic mass is 10.4. The van der Waals surface area contributed by atoms with E-state index >= 15 is 0 Å². The molecule has 0 aliphatic carbocycles. The third kappa shape index (κ3) is 3.84. The number of imide groups is 1. The van der Waals surface area contributed by atoms with Crippen LogP contribution in [0.15, 0.2) is 18.3 Å². The molecule has 6 nitrogen and oxygen atoms in total. The van der Waals surface area contributed by atoms with Crippen molar-refractivity contribution >= 4 is 11.8 Å². The summed E-state index contributed by atoms with van der Waals surface area (Å²) in [5.74, 6) is -0.758. The third-order valence-corrected chi connectivity index (χ3v) is 2.02. The number of H-pyrrole nitrogens is 1. The molecule has 0 unspecified atom stereocenters. The Bertz CT molecular complexity index is 348. The van der Waals surface area contributed by atoms with Gasteiger partial charge in [0.05, 0.1) is 6.54 Å². The molecule has 0 spiro atoms. The molecule has 1 aromatic heterocycles. The molecule has 1 aromatic rings. The van der Waals surface area contributed by atoms with Crippen molar-refractivity contribution in [3.05, 3.63) is 24.0 Å². The molecule has 16 heavy (non-hydrogen) atoms. The lowest BCUT2D eigenvalue weighted by Crippen LogP contribution is -2.40. The minimum atomic E-state index is -0.420. The predicted molar refractivity (Wildman–Crippen MR) is 59.8 cm³/mol. The van der Waals surface area contributed by atoms with Gasteiger partial charge in [-0.2, -0.15) is 0 Å². The SMILES string of the molecule is CN(CCN)CC(=O)NC(=O)c1ccc[nH]1. The van der Waals surface area contributed by atoms with Crippen LogP contribution in [0.4, 0.5) is 0 Å². The van der Waals surface area contributed by atoms with Crippen molar-refractivity contribution in [2.24, 2.45) is 5.73 Å². The highest BCUT2D eigenvalue weighted by molar-refractivity contribution is 6.04. The Hall–Kier alpha value is -1.66. The van der Waals surface area contributed by atoms with Crippen molar-refractivity contribution in [2.45, 2.75) is 0 Å². The number of hydrogen-bond donors (Lipinski definition) is 3. The van der Waals surface area contributed by atoms with E-state index in [9.17, 15) is 9.59 Å². The zero-order chi connectivity index (χ0) is 12.0. The molecule has 0 radical (unpaired) electrons. The lowest BCUT2D eigenvalue weighted by molar-refractivity contribution is -0.120. The Labute approximate surface area is 93.8 Å². The van der Waals surface area contributed by atoms with E-state index in [2.05, 4.69) is 10.3 Å². The minimum absolute atomic E-state index is 0.156. The average Bonchev–Trinajstić information content (AvgIpc) is 2.69. The highest BCUT2D eigenvalue weighted by atomic mass is 16.2. The van der Waals surface area contributed by atoms with Crippen molar-refractivity contribution in [1.82, 2.24) is 15.2 Å². The van der Waals surface area contributed by atoms with Crippen molar-refractivity contribution < 1.29 is 9.59 Å². The van der Waals surface area contributed by atoms with Gasteiger partial charge in [-0.3, -0.25) is 19.8 Å². The zero-order valence-corrected chi connectivity index (χ0v) is 9.19. The van der Waals surface area contributed by atoms with Gasteiger partial charge in [-0.15, -0.1) is 0 Å². The monoisotopic (exact) mass is 224 g/mol. The summed E-state index contributed by atoms with van der Waals surface area (Å²) in [5.41, 5.74) is 5.71. The van der Waals surface area contributed by atoms with E-state index in [4.69, 9.17) is 5.73 Å². The first-order valence-electron chi connectivity index (χ1n) is 4.99. The molecule has 1 rings (SSSR count). The Morgan fingerprint density at radius 1 is 1.56 bits per heavy atom. The predicted octanol–water partition coefficient (Wildman–Crippen LogP) is -0.838. The fourth-order valence-electron chi connectivity index (χ4n) is 1.25. The second-order valence-corrected chi connectivity index (χ2v) is 3.49. The molecule has 0 bridgehead atoms. The number of hydrogen-bond acceptors (Lipinski definition) is 4. The van der Waals surface area contributed by atoms with E-state index in [0.717, 1.165) is 0 Å². The van der Waals surface area contributed by atoms with Gasteiger partial charge < -0.3 is 10.7 Å². The summed E-state index contributed by atoms with van der Waals surface area (Å²) >= 11 is 0. The third-order valence-electron chi connectivity index (χ3n) is 2.02. The Kier molecular flexibility index (Phi) is 4.68. The molecule has 0 saturated carbocycles. The quantitative estimate of drug-likeness (QED) is 0.608. The Morgan fingerprint density at radius 2 is 2.31 bits per heavy atom. The second-order valence-electron chi connectivity index (χ2n) is 3.49. The van der Waals surface area contributed by atoms with E-state index in [1.807, 2.05) is 0 Å². The Balaban J connectivity index is 2.37. The van der Waals surface area contributed by atoms with Gasteiger partial charge in [0, 0.05) is 19.3 Å². The maximum absolute atomic E-state index is 11.4. The van der Waals surface area contributed by atoms with Gasteiger partial charge in [0.15, 0.2) is 0 Å². The number of carbonyl (C=O) groups is 2. The van der Waals surface area contributed by atoms with E-state index < -0.39 is 5.91 Å². The summed E-state index contributed by atoms with van der Waals surface area (Å²) in [5, 5.41) is 2.28. The van der Waals surface area contributed by atoms with E-state index in [1.54, 1.807) is 30.3 Å². The van der Waals surface area contributed by atoms with Crippen LogP contribution in [0.25, 0.3) is 0 Å². The summed E-state index contributed by atoms with van der Waals surface area (Å²) in [7, 11) is 1.77. The maximum Gasteiger partial charge on any atom is 0.274 e. The lowest BCUT2D eigenvalue weighted by Gasteiger charge is -2.13. The summed E-state index contributed by atoms with van der Waals surface area (Å²) in [6, 6.07) is 3.30. The maximum atomic E-state index is 11.4. The fraction of sp³-hybridized carbons (Fsp3) is 0.400. The highest BCUT2D eigenvalue weighted by Gasteiger charge is 2.11. The van der Waals surface area contributed by atoms with Crippen LogP contribution in [0.5, 0.6) is 0 Å². The van der Waals surface area contributed by atoms with Gasteiger partial charge in [-0.25, -0.2) is 0 Å². The molecule has 0 aliphatic heterocycles. The summed E-state index contributed by atoms with van der Waals surface area (Å²) in [4.78, 5) is 27.3. The van der Waals surface area contributed by atoms with Crippen molar-refractivity contribution in [3.8, 4) is 0 Å². The summed E-state index contributed by atoms with van der Waals surface area (Å²) < 4.78 is 0. The van der Waals surface area contributed by atoms with Crippen LogP contribution >= 0.6 is 0 Å². The van der Waals surface area contributed by atoms with Crippen LogP contribution in [0.1, 0.15) is 10.5 Å². The number of likely N-dealkylation sites (N-methyl/N-ethyl adjacent to an activating group) is 1. The highest BCUT2D eigenvalue weighted by Crippen LogP contribution is 1.93. The average molecular weight is 224 g/mol. The van der Waals surface area contributed by atoms with Crippen LogP contribution in [0.3, 0.4) is 0 Å². The van der Waals surface area contributed by atoms with Gasteiger partial charge >= 0.3 is 0 Å². The standard InChI is InChI=1S/C10H16N4O2/c1-14(6-4-11)7-9(15)13-10(16)8-3-2-5-12-8/h2-3,5,12H,4,6-7,11H2,1H3,(H,13,15,16). The Morgan fingerprint density at radius 3 is 2.88 bits per heavy atom. The summed E-state index contributed by atoms with van der Waals surface area (Å²) in [6.45, 7) is 1.25. The molecular formula is C10H16N4O2. The second kappa shape index (κ2) is 6.04. The first-order chi connectivity index (χ1) is 7.63. The van der Waals surface area contributed by atoms with E-state index in [0.29, 0.717) is 18.8 Å². The molecule has 88 valence electrons. The normalized spacial score (nSPS) is 10.4. The molecule has 6 heteroatoms. The van der Waals surface area contributed by atoms with Gasteiger partial charge in [-0.1, -0.05) is 0 Å². The molecule has 0 fully saturated rings. The van der Waals surface area contributed by atoms with Gasteiger partial charge in [-0.05, 0) is 19.2 Å². The number of aromatic nitrogens is 1. The van der Waals surface area contributed by atoms with Crippen LogP contribution in [0, 0.1) is 0 Å². The number of rotatable bonds is 5. The van der Waals surface area contributed by atoms with Crippen molar-refractivity contribution in [1.29, 1.82) is 0 Å². The molecular weight excluding hydrogens is 208 g/mol. The van der Waals surface area contributed by atoms with Crippen molar-refractivity contribution in [2.75, 3.05) is 26.7 Å². The summed E-state index contributed by atoms with van der Waals surface area (Å²) in [6.07, 6.45) is 1.62. The number of amides is 2. The van der Waals surface area contributed by atoms with Gasteiger partial charge in [0.1, 0.15) is 5.69 Å². The number of nitrogens with zero attached hydrogens (tertiary/aromatic N) is 1. The molecule has 2 amide bonds. The largest absolute Gasteiger partial charge is 0.357 e. The number of carbonyl (C=O) groups excluding carboxylic acids is 2. The number of nitrogens with two attached hydrogens (primary N) is 1. The van der Waals surface area contributed by atoms with Crippen molar-refractivity contribution in [3.63, 3.8) is 0 Å². The van der Waals surface area contributed by atoms with E-state index in [-0.39, 0.29) is 12.5 Å². The van der Waals surface area contributed by atoms with Crippen LogP contribution < -0.4 is 11.1 Å². The molecule has 1 heterocycles.